The SMILES string of the molecule is CN=C(NCCc1ccc(NC(C)=O)cc1)N1CCOC(c2cnn(C)c2)C1.I. The number of halogens is 1. The number of aryl methyl sites for hydroxylation is 1. The van der Waals surface area contributed by atoms with Crippen molar-refractivity contribution in [3.05, 3.63) is 47.8 Å². The van der Waals surface area contributed by atoms with Crippen LogP contribution in [0.5, 0.6) is 0 Å². The number of nitrogens with zero attached hydrogens (tertiary/aromatic N) is 4. The van der Waals surface area contributed by atoms with Gasteiger partial charge in [0, 0.05) is 51.6 Å². The predicted octanol–water partition coefficient (Wildman–Crippen LogP) is 2.19. The molecule has 1 amide bonds. The van der Waals surface area contributed by atoms with E-state index < -0.39 is 0 Å². The normalized spacial score (nSPS) is 16.9. The Kier molecular flexibility index (Phi) is 8.90. The van der Waals surface area contributed by atoms with Gasteiger partial charge in [0.05, 0.1) is 19.3 Å². The van der Waals surface area contributed by atoms with Crippen LogP contribution in [-0.2, 0) is 23.0 Å². The summed E-state index contributed by atoms with van der Waals surface area (Å²) in [4.78, 5) is 17.7. The fraction of sp³-hybridized carbons (Fsp3) is 0.450. The highest BCUT2D eigenvalue weighted by Crippen LogP contribution is 2.21. The second-order valence-electron chi connectivity index (χ2n) is 6.85. The van der Waals surface area contributed by atoms with Crippen molar-refractivity contribution in [1.82, 2.24) is 20.0 Å². The molecule has 2 N–H and O–H groups in total. The molecule has 1 atom stereocenters. The summed E-state index contributed by atoms with van der Waals surface area (Å²) in [5.74, 6) is 0.820. The van der Waals surface area contributed by atoms with Gasteiger partial charge in [-0.15, -0.1) is 24.0 Å². The lowest BCUT2D eigenvalue weighted by molar-refractivity contribution is -0.114. The van der Waals surface area contributed by atoms with Crippen LogP contribution in [0.3, 0.4) is 0 Å². The summed E-state index contributed by atoms with van der Waals surface area (Å²) in [7, 11) is 3.71. The Morgan fingerprint density at radius 1 is 1.34 bits per heavy atom. The van der Waals surface area contributed by atoms with Crippen molar-refractivity contribution in [3.8, 4) is 0 Å². The highest BCUT2D eigenvalue weighted by molar-refractivity contribution is 14.0. The van der Waals surface area contributed by atoms with Gasteiger partial charge in [-0.05, 0) is 24.1 Å². The van der Waals surface area contributed by atoms with Gasteiger partial charge < -0.3 is 20.3 Å². The Labute approximate surface area is 188 Å². The van der Waals surface area contributed by atoms with Crippen LogP contribution in [-0.4, -0.2) is 59.8 Å². The van der Waals surface area contributed by atoms with Gasteiger partial charge >= 0.3 is 0 Å². The summed E-state index contributed by atoms with van der Waals surface area (Å²) in [6.45, 7) is 4.50. The highest BCUT2D eigenvalue weighted by Gasteiger charge is 2.24. The average molecular weight is 512 g/mol. The van der Waals surface area contributed by atoms with E-state index in [2.05, 4.69) is 25.6 Å². The first-order chi connectivity index (χ1) is 13.5. The van der Waals surface area contributed by atoms with E-state index in [0.29, 0.717) is 6.61 Å². The van der Waals surface area contributed by atoms with Gasteiger partial charge in [0.15, 0.2) is 5.96 Å². The van der Waals surface area contributed by atoms with Crippen molar-refractivity contribution >= 4 is 41.5 Å². The van der Waals surface area contributed by atoms with Crippen LogP contribution in [0.4, 0.5) is 5.69 Å². The van der Waals surface area contributed by atoms with E-state index in [0.717, 1.165) is 43.3 Å². The molecule has 0 bridgehead atoms. The molecule has 9 heteroatoms. The zero-order chi connectivity index (χ0) is 19.9. The van der Waals surface area contributed by atoms with Crippen LogP contribution >= 0.6 is 24.0 Å². The quantitative estimate of drug-likeness (QED) is 0.365. The molecule has 2 heterocycles. The fourth-order valence-corrected chi connectivity index (χ4v) is 3.26. The summed E-state index contributed by atoms with van der Waals surface area (Å²) < 4.78 is 7.70. The number of rotatable bonds is 5. The number of nitrogens with one attached hydrogen (secondary N) is 2. The molecule has 1 saturated heterocycles. The van der Waals surface area contributed by atoms with Crippen molar-refractivity contribution < 1.29 is 9.53 Å². The topological polar surface area (TPSA) is 83.8 Å². The van der Waals surface area contributed by atoms with E-state index in [1.165, 1.54) is 12.5 Å². The standard InChI is InChI=1S/C20H28N6O2.HI/c1-15(27)24-18-6-4-16(5-7-18)8-9-22-20(21-2)26-10-11-28-19(14-26)17-12-23-25(3)13-17;/h4-7,12-13,19H,8-11,14H2,1-3H3,(H,21,22)(H,24,27);1H. The summed E-state index contributed by atoms with van der Waals surface area (Å²) in [6, 6.07) is 7.91. The van der Waals surface area contributed by atoms with Crippen LogP contribution in [0.15, 0.2) is 41.7 Å². The first kappa shape index (κ1) is 23.1. The average Bonchev–Trinajstić information content (AvgIpc) is 3.13. The zero-order valence-corrected chi connectivity index (χ0v) is 19.4. The van der Waals surface area contributed by atoms with Crippen LogP contribution in [0.2, 0.25) is 0 Å². The molecule has 3 rings (SSSR count). The summed E-state index contributed by atoms with van der Waals surface area (Å²) in [5.41, 5.74) is 3.10. The lowest BCUT2D eigenvalue weighted by atomic mass is 10.1. The molecule has 1 aromatic heterocycles. The van der Waals surface area contributed by atoms with E-state index in [4.69, 9.17) is 4.74 Å². The summed E-state index contributed by atoms with van der Waals surface area (Å²) in [5, 5.41) is 10.5. The Hall–Kier alpha value is -2.14. The van der Waals surface area contributed by atoms with Crippen LogP contribution in [0, 0.1) is 0 Å². The van der Waals surface area contributed by atoms with Gasteiger partial charge in [-0.25, -0.2) is 0 Å². The van der Waals surface area contributed by atoms with Gasteiger partial charge in [0.25, 0.3) is 0 Å². The second-order valence-corrected chi connectivity index (χ2v) is 6.85. The maximum Gasteiger partial charge on any atom is 0.221 e. The maximum atomic E-state index is 11.1. The van der Waals surface area contributed by atoms with E-state index in [9.17, 15) is 4.79 Å². The smallest absolute Gasteiger partial charge is 0.221 e. The number of hydrogen-bond acceptors (Lipinski definition) is 4. The summed E-state index contributed by atoms with van der Waals surface area (Å²) in [6.07, 6.45) is 4.72. The molecule has 1 aromatic carbocycles. The second kappa shape index (κ2) is 11.1. The minimum absolute atomic E-state index is 0. The Balaban J connectivity index is 0.00000300. The Morgan fingerprint density at radius 3 is 2.72 bits per heavy atom. The minimum Gasteiger partial charge on any atom is -0.370 e. The molecular weight excluding hydrogens is 483 g/mol. The number of benzene rings is 1. The molecule has 0 radical (unpaired) electrons. The third-order valence-corrected chi connectivity index (χ3v) is 4.65. The minimum atomic E-state index is -0.0617. The molecule has 158 valence electrons. The van der Waals surface area contributed by atoms with Gasteiger partial charge in [0.1, 0.15) is 6.10 Å². The van der Waals surface area contributed by atoms with Crippen LogP contribution in [0.25, 0.3) is 0 Å². The molecule has 0 saturated carbocycles. The van der Waals surface area contributed by atoms with Gasteiger partial charge in [-0.3, -0.25) is 14.5 Å². The van der Waals surface area contributed by atoms with Crippen LogP contribution in [0.1, 0.15) is 24.2 Å². The first-order valence-electron chi connectivity index (χ1n) is 9.47. The molecular formula is C20H29IN6O2. The number of carbonyl (C=O) groups excluding carboxylic acids is 1. The van der Waals surface area contributed by atoms with Gasteiger partial charge in [-0.2, -0.15) is 5.10 Å². The van der Waals surface area contributed by atoms with E-state index in [1.807, 2.05) is 43.7 Å². The van der Waals surface area contributed by atoms with Crippen molar-refractivity contribution in [2.24, 2.45) is 12.0 Å². The lowest BCUT2D eigenvalue weighted by Gasteiger charge is -2.34. The third-order valence-electron chi connectivity index (χ3n) is 4.65. The fourth-order valence-electron chi connectivity index (χ4n) is 3.26. The molecule has 0 spiro atoms. The molecule has 2 aromatic rings. The number of morpholine rings is 1. The number of guanidine groups is 1. The van der Waals surface area contributed by atoms with Crippen molar-refractivity contribution in [3.63, 3.8) is 0 Å². The van der Waals surface area contributed by atoms with Gasteiger partial charge in [-0.1, -0.05) is 12.1 Å². The number of amides is 1. The molecule has 1 aliphatic heterocycles. The number of aromatic nitrogens is 2. The first-order valence-corrected chi connectivity index (χ1v) is 9.47. The molecule has 1 fully saturated rings. The third kappa shape index (κ3) is 6.70. The lowest BCUT2D eigenvalue weighted by Crippen LogP contribution is -2.48. The van der Waals surface area contributed by atoms with Crippen molar-refractivity contribution in [2.75, 3.05) is 38.6 Å². The maximum absolute atomic E-state index is 11.1. The monoisotopic (exact) mass is 512 g/mol. The summed E-state index contributed by atoms with van der Waals surface area (Å²) >= 11 is 0. The Morgan fingerprint density at radius 2 is 2.10 bits per heavy atom. The van der Waals surface area contributed by atoms with E-state index in [1.54, 1.807) is 11.7 Å². The molecule has 1 unspecified atom stereocenters. The number of ether oxygens (including phenoxy) is 1. The number of hydrogen-bond donors (Lipinski definition) is 2. The Bertz CT molecular complexity index is 821. The zero-order valence-electron chi connectivity index (χ0n) is 17.1. The van der Waals surface area contributed by atoms with Crippen molar-refractivity contribution in [2.45, 2.75) is 19.4 Å². The number of aliphatic imine (C=N–C) groups is 1. The number of carbonyl (C=O) groups is 1. The van der Waals surface area contributed by atoms with E-state index >= 15 is 0 Å². The molecule has 29 heavy (non-hydrogen) atoms. The molecule has 0 aliphatic carbocycles. The van der Waals surface area contributed by atoms with Crippen LogP contribution < -0.4 is 10.6 Å². The van der Waals surface area contributed by atoms with E-state index in [-0.39, 0.29) is 36.0 Å². The molecule has 8 nitrogen and oxygen atoms in total. The molecule has 1 aliphatic rings. The van der Waals surface area contributed by atoms with Crippen molar-refractivity contribution in [1.29, 1.82) is 0 Å². The largest absolute Gasteiger partial charge is 0.370 e. The predicted molar refractivity (Wildman–Crippen MR) is 125 cm³/mol. The highest BCUT2D eigenvalue weighted by atomic mass is 127. The number of anilines is 1. The van der Waals surface area contributed by atoms with Gasteiger partial charge in [0.2, 0.25) is 5.91 Å².